The van der Waals surface area contributed by atoms with E-state index in [9.17, 15) is 8.42 Å². The van der Waals surface area contributed by atoms with Crippen molar-refractivity contribution < 1.29 is 13.2 Å². The standard InChI is InChI=1S/C29H34N4O3S/c1-29(2)17-22(20-33(29)37(34,35)26-8-4-3-5-9-26)19-31-14-13-24-16-23(11-12-27(24)31)25-18-30-32(21-25)28-10-6-7-15-36-28/h3-5,8-9,11-14,16,18,21-22,28H,6-7,10,15,17,19-20H2,1-2H3. The number of hydrogen-bond acceptors (Lipinski definition) is 4. The molecule has 0 radical (unpaired) electrons. The zero-order chi connectivity index (χ0) is 25.6. The van der Waals surface area contributed by atoms with E-state index in [1.54, 1.807) is 28.6 Å². The van der Waals surface area contributed by atoms with E-state index >= 15 is 0 Å². The molecule has 0 bridgehead atoms. The average Bonchev–Trinajstić information content (AvgIpc) is 3.62. The lowest BCUT2D eigenvalue weighted by atomic mass is 9.97. The molecular weight excluding hydrogens is 484 g/mol. The van der Waals surface area contributed by atoms with Gasteiger partial charge in [0, 0.05) is 54.1 Å². The molecule has 6 rings (SSSR count). The largest absolute Gasteiger partial charge is 0.357 e. The third-order valence-electron chi connectivity index (χ3n) is 7.83. The van der Waals surface area contributed by atoms with Gasteiger partial charge < -0.3 is 9.30 Å². The van der Waals surface area contributed by atoms with Gasteiger partial charge in [-0.15, -0.1) is 0 Å². The Morgan fingerprint density at radius 3 is 2.68 bits per heavy atom. The molecule has 0 aliphatic carbocycles. The van der Waals surface area contributed by atoms with Crippen LogP contribution in [0.25, 0.3) is 22.0 Å². The van der Waals surface area contributed by atoms with Crippen molar-refractivity contribution >= 4 is 20.9 Å². The van der Waals surface area contributed by atoms with Crippen LogP contribution < -0.4 is 0 Å². The van der Waals surface area contributed by atoms with Gasteiger partial charge in [-0.1, -0.05) is 24.3 Å². The Morgan fingerprint density at radius 2 is 1.89 bits per heavy atom. The van der Waals surface area contributed by atoms with Crippen molar-refractivity contribution in [1.82, 2.24) is 18.7 Å². The molecule has 2 unspecified atom stereocenters. The van der Waals surface area contributed by atoms with Crippen LogP contribution in [0.4, 0.5) is 0 Å². The van der Waals surface area contributed by atoms with Crippen molar-refractivity contribution in [2.24, 2.45) is 5.92 Å². The predicted octanol–water partition coefficient (Wildman–Crippen LogP) is 5.69. The van der Waals surface area contributed by atoms with Gasteiger partial charge in [0.05, 0.1) is 11.1 Å². The Balaban J connectivity index is 1.20. The van der Waals surface area contributed by atoms with Crippen LogP contribution in [0.1, 0.15) is 45.8 Å². The molecule has 0 saturated carbocycles. The normalized spacial score (nSPS) is 22.5. The van der Waals surface area contributed by atoms with Crippen molar-refractivity contribution in [2.45, 2.75) is 62.7 Å². The van der Waals surface area contributed by atoms with E-state index in [0.717, 1.165) is 49.1 Å². The van der Waals surface area contributed by atoms with Crippen LogP contribution in [0, 0.1) is 5.92 Å². The molecule has 2 fully saturated rings. The molecule has 0 amide bonds. The molecule has 0 N–H and O–H groups in total. The lowest BCUT2D eigenvalue weighted by Gasteiger charge is -2.30. The molecule has 4 heterocycles. The number of hydrogen-bond donors (Lipinski definition) is 0. The highest BCUT2D eigenvalue weighted by atomic mass is 32.2. The molecule has 7 nitrogen and oxygen atoms in total. The minimum Gasteiger partial charge on any atom is -0.357 e. The lowest BCUT2D eigenvalue weighted by molar-refractivity contribution is -0.0394. The second-order valence-electron chi connectivity index (χ2n) is 11.0. The maximum absolute atomic E-state index is 13.4. The summed E-state index contributed by atoms with van der Waals surface area (Å²) in [6, 6.07) is 17.4. The summed E-state index contributed by atoms with van der Waals surface area (Å²) in [4.78, 5) is 0.362. The summed E-state index contributed by atoms with van der Waals surface area (Å²) >= 11 is 0. The topological polar surface area (TPSA) is 69.4 Å². The monoisotopic (exact) mass is 518 g/mol. The summed E-state index contributed by atoms with van der Waals surface area (Å²) in [5, 5.41) is 5.74. The highest BCUT2D eigenvalue weighted by molar-refractivity contribution is 7.89. The Bertz CT molecular complexity index is 1500. The zero-order valence-corrected chi connectivity index (χ0v) is 22.3. The van der Waals surface area contributed by atoms with Crippen LogP contribution in [0.2, 0.25) is 0 Å². The van der Waals surface area contributed by atoms with Gasteiger partial charge in [-0.2, -0.15) is 9.40 Å². The minimum absolute atomic E-state index is 0.0354. The van der Waals surface area contributed by atoms with Gasteiger partial charge in [-0.25, -0.2) is 13.1 Å². The molecule has 194 valence electrons. The summed E-state index contributed by atoms with van der Waals surface area (Å²) in [5.74, 6) is 0.234. The molecule has 8 heteroatoms. The van der Waals surface area contributed by atoms with Gasteiger partial charge in [0.2, 0.25) is 10.0 Å². The molecule has 2 aromatic heterocycles. The highest BCUT2D eigenvalue weighted by Crippen LogP contribution is 2.38. The van der Waals surface area contributed by atoms with Gasteiger partial charge in [0.15, 0.2) is 0 Å². The summed E-state index contributed by atoms with van der Waals surface area (Å²) in [6.07, 6.45) is 10.3. The Morgan fingerprint density at radius 1 is 1.05 bits per heavy atom. The third-order valence-corrected chi connectivity index (χ3v) is 9.92. The zero-order valence-electron chi connectivity index (χ0n) is 21.5. The third kappa shape index (κ3) is 4.62. The van der Waals surface area contributed by atoms with Gasteiger partial charge in [0.25, 0.3) is 0 Å². The van der Waals surface area contributed by atoms with Gasteiger partial charge in [-0.3, -0.25) is 0 Å². The maximum atomic E-state index is 13.4. The van der Waals surface area contributed by atoms with Crippen LogP contribution >= 0.6 is 0 Å². The molecule has 37 heavy (non-hydrogen) atoms. The number of benzene rings is 2. The number of aromatic nitrogens is 3. The van der Waals surface area contributed by atoms with E-state index < -0.39 is 15.6 Å². The van der Waals surface area contributed by atoms with Crippen LogP contribution in [0.3, 0.4) is 0 Å². The number of fused-ring (bicyclic) bond motifs is 1. The fourth-order valence-electron chi connectivity index (χ4n) is 6.01. The van der Waals surface area contributed by atoms with E-state index in [-0.39, 0.29) is 12.1 Å². The first-order valence-corrected chi connectivity index (χ1v) is 14.6. The molecule has 2 aromatic carbocycles. The van der Waals surface area contributed by atoms with Crippen LogP contribution in [0.15, 0.2) is 78.1 Å². The van der Waals surface area contributed by atoms with Crippen LogP contribution in [-0.2, 0) is 21.3 Å². The fraction of sp³-hybridized carbons (Fsp3) is 0.414. The smallest absolute Gasteiger partial charge is 0.243 e. The van der Waals surface area contributed by atoms with Gasteiger partial charge >= 0.3 is 0 Å². The molecule has 0 spiro atoms. The van der Waals surface area contributed by atoms with E-state index in [0.29, 0.717) is 11.4 Å². The number of ether oxygens (including phenoxy) is 1. The van der Waals surface area contributed by atoms with Gasteiger partial charge in [0.1, 0.15) is 6.23 Å². The Kier molecular flexibility index (Phi) is 6.21. The average molecular weight is 519 g/mol. The van der Waals surface area contributed by atoms with Crippen molar-refractivity contribution in [3.63, 3.8) is 0 Å². The van der Waals surface area contributed by atoms with Crippen molar-refractivity contribution in [3.8, 4) is 11.1 Å². The predicted molar refractivity (Wildman–Crippen MR) is 145 cm³/mol. The molecule has 2 atom stereocenters. The molecule has 2 aliphatic heterocycles. The fourth-order valence-corrected chi connectivity index (χ4v) is 7.90. The summed E-state index contributed by atoms with van der Waals surface area (Å²) in [7, 11) is -3.54. The van der Waals surface area contributed by atoms with Crippen LogP contribution in [-0.4, -0.2) is 45.8 Å². The summed E-state index contributed by atoms with van der Waals surface area (Å²) in [5.41, 5.74) is 2.95. The van der Waals surface area contributed by atoms with E-state index in [1.165, 1.54) is 11.8 Å². The summed E-state index contributed by atoms with van der Waals surface area (Å²) < 4.78 is 38.6. The van der Waals surface area contributed by atoms with Crippen molar-refractivity contribution in [1.29, 1.82) is 0 Å². The van der Waals surface area contributed by atoms with E-state index in [1.807, 2.05) is 30.8 Å². The van der Waals surface area contributed by atoms with E-state index in [4.69, 9.17) is 4.74 Å². The molecule has 4 aromatic rings. The maximum Gasteiger partial charge on any atom is 0.243 e. The van der Waals surface area contributed by atoms with Crippen LogP contribution in [0.5, 0.6) is 0 Å². The summed E-state index contributed by atoms with van der Waals surface area (Å²) in [6.45, 7) is 6.17. The molecule has 2 aliphatic rings. The Hall–Kier alpha value is -2.94. The minimum atomic E-state index is -3.54. The second kappa shape index (κ2) is 9.42. The SMILES string of the molecule is CC1(C)CC(Cn2ccc3cc(-c4cnn(C5CCCCO5)c4)ccc32)CN1S(=O)(=O)c1ccccc1. The van der Waals surface area contributed by atoms with Crippen molar-refractivity contribution in [3.05, 3.63) is 73.2 Å². The Labute approximate surface area is 218 Å². The first-order chi connectivity index (χ1) is 17.8. The number of nitrogens with zero attached hydrogens (tertiary/aromatic N) is 4. The van der Waals surface area contributed by atoms with E-state index in [2.05, 4.69) is 46.3 Å². The first kappa shape index (κ1) is 24.4. The quantitative estimate of drug-likeness (QED) is 0.329. The van der Waals surface area contributed by atoms with Crippen molar-refractivity contribution in [2.75, 3.05) is 13.2 Å². The number of sulfonamides is 1. The second-order valence-corrected chi connectivity index (χ2v) is 12.9. The molecule has 2 saturated heterocycles. The lowest BCUT2D eigenvalue weighted by Crippen LogP contribution is -2.42. The first-order valence-electron chi connectivity index (χ1n) is 13.1. The van der Waals surface area contributed by atoms with Gasteiger partial charge in [-0.05, 0) is 81.3 Å². The molecular formula is C29H34N4O3S. The highest BCUT2D eigenvalue weighted by Gasteiger charge is 2.45. The number of rotatable bonds is 6.